The van der Waals surface area contributed by atoms with Crippen LogP contribution in [-0.2, 0) is 6.18 Å². The van der Waals surface area contributed by atoms with Crippen LogP contribution in [0.4, 0.5) is 13.2 Å². The van der Waals surface area contributed by atoms with Gasteiger partial charge in [0, 0.05) is 6.20 Å². The lowest BCUT2D eigenvalue weighted by atomic mass is 10.3. The van der Waals surface area contributed by atoms with E-state index >= 15 is 0 Å². The van der Waals surface area contributed by atoms with Gasteiger partial charge in [-0.15, -0.1) is 0 Å². The molecule has 0 atom stereocenters. The average Bonchev–Trinajstić information content (AvgIpc) is 2.64. The molecule has 3 nitrogen and oxygen atoms in total. The fraction of sp³-hybridized carbons (Fsp3) is 0.200. The molecule has 0 bridgehead atoms. The molecule has 0 saturated carbocycles. The fourth-order valence-electron chi connectivity index (χ4n) is 1.27. The standard InChI is InChI=1S/C10H8F3N3/c1-7-5-16(6-14-7)9-4-2-3-8(15-9)10(11,12)13/h2-6H,1H3. The van der Waals surface area contributed by atoms with Gasteiger partial charge in [0.1, 0.15) is 17.8 Å². The topological polar surface area (TPSA) is 30.7 Å². The van der Waals surface area contributed by atoms with E-state index < -0.39 is 11.9 Å². The van der Waals surface area contributed by atoms with E-state index in [9.17, 15) is 13.2 Å². The molecule has 6 heteroatoms. The van der Waals surface area contributed by atoms with Crippen LogP contribution in [0.2, 0.25) is 0 Å². The van der Waals surface area contributed by atoms with Crippen LogP contribution in [0, 0.1) is 6.92 Å². The minimum absolute atomic E-state index is 0.204. The first kappa shape index (κ1) is 10.7. The van der Waals surface area contributed by atoms with E-state index in [1.807, 2.05) is 0 Å². The summed E-state index contributed by atoms with van der Waals surface area (Å²) in [7, 11) is 0. The lowest BCUT2D eigenvalue weighted by Gasteiger charge is -2.07. The van der Waals surface area contributed by atoms with Crippen LogP contribution < -0.4 is 0 Å². The number of hydrogen-bond donors (Lipinski definition) is 0. The third kappa shape index (κ3) is 2.05. The van der Waals surface area contributed by atoms with Gasteiger partial charge in [-0.2, -0.15) is 13.2 Å². The third-order valence-electron chi connectivity index (χ3n) is 2.00. The van der Waals surface area contributed by atoms with Crippen molar-refractivity contribution in [1.82, 2.24) is 14.5 Å². The Morgan fingerprint density at radius 1 is 1.25 bits per heavy atom. The summed E-state index contributed by atoms with van der Waals surface area (Å²) in [6, 6.07) is 3.75. The number of alkyl halides is 3. The molecule has 84 valence electrons. The van der Waals surface area contributed by atoms with Crippen LogP contribution in [0.1, 0.15) is 11.4 Å². The Kier molecular flexibility index (Phi) is 2.41. The molecule has 2 aromatic heterocycles. The number of aryl methyl sites for hydroxylation is 1. The molecule has 0 aliphatic carbocycles. The molecular weight excluding hydrogens is 219 g/mol. The van der Waals surface area contributed by atoms with E-state index in [2.05, 4.69) is 9.97 Å². The van der Waals surface area contributed by atoms with Crippen LogP contribution in [0.3, 0.4) is 0 Å². The Labute approximate surface area is 89.6 Å². The summed E-state index contributed by atoms with van der Waals surface area (Å²) in [6.07, 6.45) is -1.38. The van der Waals surface area contributed by atoms with Gasteiger partial charge in [-0.1, -0.05) is 6.07 Å². The zero-order chi connectivity index (χ0) is 11.8. The smallest absolute Gasteiger partial charge is 0.290 e. The first-order valence-electron chi connectivity index (χ1n) is 4.52. The lowest BCUT2D eigenvalue weighted by molar-refractivity contribution is -0.141. The molecular formula is C10H8F3N3. The molecule has 0 aliphatic rings. The molecule has 0 aliphatic heterocycles. The predicted molar refractivity (Wildman–Crippen MR) is 51.1 cm³/mol. The average molecular weight is 227 g/mol. The Balaban J connectivity index is 2.44. The number of halogens is 3. The molecule has 0 saturated heterocycles. The number of rotatable bonds is 1. The normalized spacial score (nSPS) is 11.8. The zero-order valence-electron chi connectivity index (χ0n) is 8.36. The van der Waals surface area contributed by atoms with Crippen molar-refractivity contribution >= 4 is 0 Å². The summed E-state index contributed by atoms with van der Waals surface area (Å²) in [5.41, 5.74) is -0.185. The van der Waals surface area contributed by atoms with Crippen molar-refractivity contribution in [2.45, 2.75) is 13.1 Å². The second kappa shape index (κ2) is 3.62. The highest BCUT2D eigenvalue weighted by Crippen LogP contribution is 2.27. The Hall–Kier alpha value is -1.85. The first-order valence-corrected chi connectivity index (χ1v) is 4.52. The maximum Gasteiger partial charge on any atom is 0.433 e. The molecule has 2 heterocycles. The van der Waals surface area contributed by atoms with E-state index in [0.29, 0.717) is 0 Å². The molecule has 2 aromatic rings. The van der Waals surface area contributed by atoms with E-state index in [1.54, 1.807) is 13.1 Å². The van der Waals surface area contributed by atoms with Gasteiger partial charge < -0.3 is 0 Å². The number of aromatic nitrogens is 3. The lowest BCUT2D eigenvalue weighted by Crippen LogP contribution is -2.09. The number of pyridine rings is 1. The van der Waals surface area contributed by atoms with Crippen molar-refractivity contribution in [1.29, 1.82) is 0 Å². The van der Waals surface area contributed by atoms with Gasteiger partial charge >= 0.3 is 6.18 Å². The minimum Gasteiger partial charge on any atom is -0.290 e. The van der Waals surface area contributed by atoms with Crippen LogP contribution in [0.25, 0.3) is 5.82 Å². The second-order valence-corrected chi connectivity index (χ2v) is 3.30. The largest absolute Gasteiger partial charge is 0.433 e. The molecule has 0 amide bonds. The van der Waals surface area contributed by atoms with Crippen LogP contribution in [0.5, 0.6) is 0 Å². The van der Waals surface area contributed by atoms with E-state index in [1.165, 1.54) is 23.0 Å². The maximum absolute atomic E-state index is 12.4. The van der Waals surface area contributed by atoms with Crippen molar-refractivity contribution in [3.8, 4) is 5.82 Å². The summed E-state index contributed by atoms with van der Waals surface area (Å²) in [5.74, 6) is 0.204. The van der Waals surface area contributed by atoms with Gasteiger partial charge in [0.05, 0.1) is 5.69 Å². The van der Waals surface area contributed by atoms with Gasteiger partial charge in [0.25, 0.3) is 0 Å². The van der Waals surface area contributed by atoms with Crippen LogP contribution >= 0.6 is 0 Å². The van der Waals surface area contributed by atoms with Crippen molar-refractivity contribution in [3.63, 3.8) is 0 Å². The maximum atomic E-state index is 12.4. The summed E-state index contributed by atoms with van der Waals surface area (Å²) < 4.78 is 38.7. The predicted octanol–water partition coefficient (Wildman–Crippen LogP) is 2.59. The molecule has 2 rings (SSSR count). The van der Waals surface area contributed by atoms with Gasteiger partial charge in [-0.25, -0.2) is 9.97 Å². The van der Waals surface area contributed by atoms with Crippen molar-refractivity contribution < 1.29 is 13.2 Å². The Morgan fingerprint density at radius 2 is 2.00 bits per heavy atom. The summed E-state index contributed by atoms with van der Waals surface area (Å²) in [6.45, 7) is 1.75. The Bertz CT molecular complexity index is 502. The molecule has 0 radical (unpaired) electrons. The Morgan fingerprint density at radius 3 is 2.56 bits per heavy atom. The van der Waals surface area contributed by atoms with E-state index in [4.69, 9.17) is 0 Å². The number of nitrogens with zero attached hydrogens (tertiary/aromatic N) is 3. The molecule has 0 N–H and O–H groups in total. The van der Waals surface area contributed by atoms with Gasteiger partial charge in [0.15, 0.2) is 0 Å². The molecule has 0 spiro atoms. The molecule has 0 unspecified atom stereocenters. The number of imidazole rings is 1. The number of hydrogen-bond acceptors (Lipinski definition) is 2. The van der Waals surface area contributed by atoms with Crippen LogP contribution in [-0.4, -0.2) is 14.5 Å². The van der Waals surface area contributed by atoms with Gasteiger partial charge in [-0.3, -0.25) is 4.57 Å². The fourth-order valence-corrected chi connectivity index (χ4v) is 1.27. The highest BCUT2D eigenvalue weighted by atomic mass is 19.4. The summed E-state index contributed by atoms with van der Waals surface area (Å²) in [4.78, 5) is 7.45. The highest BCUT2D eigenvalue weighted by Gasteiger charge is 2.32. The van der Waals surface area contributed by atoms with Crippen LogP contribution in [0.15, 0.2) is 30.7 Å². The summed E-state index contributed by atoms with van der Waals surface area (Å²) in [5, 5.41) is 0. The first-order chi connectivity index (χ1) is 7.47. The second-order valence-electron chi connectivity index (χ2n) is 3.30. The SMILES string of the molecule is Cc1cn(-c2cccc(C(F)(F)F)n2)cn1. The molecule has 0 fully saturated rings. The molecule has 16 heavy (non-hydrogen) atoms. The van der Waals surface area contributed by atoms with E-state index in [0.717, 1.165) is 11.8 Å². The minimum atomic E-state index is -4.42. The van der Waals surface area contributed by atoms with Gasteiger partial charge in [-0.05, 0) is 19.1 Å². The highest BCUT2D eigenvalue weighted by molar-refractivity contribution is 5.26. The third-order valence-corrected chi connectivity index (χ3v) is 2.00. The van der Waals surface area contributed by atoms with Crippen molar-refractivity contribution in [2.24, 2.45) is 0 Å². The van der Waals surface area contributed by atoms with Crippen molar-refractivity contribution in [3.05, 3.63) is 42.1 Å². The van der Waals surface area contributed by atoms with Gasteiger partial charge in [0.2, 0.25) is 0 Å². The quantitative estimate of drug-likeness (QED) is 0.749. The zero-order valence-corrected chi connectivity index (χ0v) is 8.36. The van der Waals surface area contributed by atoms with E-state index in [-0.39, 0.29) is 5.82 Å². The monoisotopic (exact) mass is 227 g/mol. The summed E-state index contributed by atoms with van der Waals surface area (Å²) >= 11 is 0. The van der Waals surface area contributed by atoms with Crippen molar-refractivity contribution in [2.75, 3.05) is 0 Å². The molecule has 0 aromatic carbocycles.